The molecule has 9 heteroatoms. The van der Waals surface area contributed by atoms with Crippen LogP contribution >= 0.6 is 0 Å². The Labute approximate surface area is 219 Å². The highest BCUT2D eigenvalue weighted by atomic mass is 19.4. The van der Waals surface area contributed by atoms with E-state index < -0.39 is 17.8 Å². The van der Waals surface area contributed by atoms with Crippen LogP contribution in [-0.4, -0.2) is 48.7 Å². The first-order valence-corrected chi connectivity index (χ1v) is 12.6. The summed E-state index contributed by atoms with van der Waals surface area (Å²) in [5.74, 6) is 0.205. The molecule has 0 aliphatic carbocycles. The van der Waals surface area contributed by atoms with E-state index in [-0.39, 0.29) is 17.2 Å². The number of anilines is 1. The standard InChI is InChI=1S/C29H30F3N3O3/c1-18-4-6-21(34-27(36)20-8-11-33-26(15-20)29(30,31)32)16-23(18)19-5-7-22-24(35(2)3)17-28(38-25(22)14-19)9-12-37-13-10-28/h4-8,11,14-16,24H,9-10,12-13,17H2,1-3H3,(H,34,36). The summed E-state index contributed by atoms with van der Waals surface area (Å²) in [6.07, 6.45) is -1.06. The molecule has 1 fully saturated rings. The summed E-state index contributed by atoms with van der Waals surface area (Å²) in [7, 11) is 4.16. The van der Waals surface area contributed by atoms with Crippen molar-refractivity contribution in [3.63, 3.8) is 0 Å². The number of carbonyl (C=O) groups excluding carboxylic acids is 1. The molecule has 200 valence electrons. The second kappa shape index (κ2) is 10.0. The molecule has 38 heavy (non-hydrogen) atoms. The summed E-state index contributed by atoms with van der Waals surface area (Å²) < 4.78 is 51.4. The van der Waals surface area contributed by atoms with E-state index in [1.54, 1.807) is 6.07 Å². The number of aryl methyl sites for hydroxylation is 1. The Hall–Kier alpha value is -3.43. The third-order valence-corrected chi connectivity index (χ3v) is 7.41. The zero-order valence-corrected chi connectivity index (χ0v) is 21.6. The Morgan fingerprint density at radius 2 is 1.84 bits per heavy atom. The van der Waals surface area contributed by atoms with Crippen molar-refractivity contribution in [2.45, 2.75) is 44.0 Å². The van der Waals surface area contributed by atoms with E-state index in [1.165, 1.54) is 6.07 Å². The maximum absolute atomic E-state index is 13.0. The van der Waals surface area contributed by atoms with E-state index in [0.29, 0.717) is 18.9 Å². The van der Waals surface area contributed by atoms with Crippen molar-refractivity contribution >= 4 is 11.6 Å². The number of rotatable bonds is 4. The highest BCUT2D eigenvalue weighted by Gasteiger charge is 2.43. The van der Waals surface area contributed by atoms with Gasteiger partial charge in [0.15, 0.2) is 0 Å². The van der Waals surface area contributed by atoms with Crippen molar-refractivity contribution in [3.8, 4) is 16.9 Å². The predicted molar refractivity (Wildman–Crippen MR) is 138 cm³/mol. The molecule has 1 unspecified atom stereocenters. The molecule has 1 saturated heterocycles. The number of aromatic nitrogens is 1. The Morgan fingerprint density at radius 1 is 1.08 bits per heavy atom. The molecular weight excluding hydrogens is 495 g/mol. The van der Waals surface area contributed by atoms with Gasteiger partial charge in [-0.05, 0) is 68.0 Å². The van der Waals surface area contributed by atoms with Gasteiger partial charge in [-0.3, -0.25) is 9.78 Å². The summed E-state index contributed by atoms with van der Waals surface area (Å²) in [4.78, 5) is 18.3. The third kappa shape index (κ3) is 5.26. The lowest BCUT2D eigenvalue weighted by molar-refractivity contribution is -0.141. The normalized spacial score (nSPS) is 18.7. The van der Waals surface area contributed by atoms with Gasteiger partial charge in [0.2, 0.25) is 0 Å². The van der Waals surface area contributed by atoms with Crippen molar-refractivity contribution in [1.82, 2.24) is 9.88 Å². The van der Waals surface area contributed by atoms with Gasteiger partial charge in [-0.1, -0.05) is 18.2 Å². The molecule has 2 aromatic carbocycles. The van der Waals surface area contributed by atoms with E-state index >= 15 is 0 Å². The molecule has 1 spiro atoms. The summed E-state index contributed by atoms with van der Waals surface area (Å²) in [6, 6.07) is 13.9. The average Bonchev–Trinajstić information content (AvgIpc) is 2.89. The summed E-state index contributed by atoms with van der Waals surface area (Å²) in [5, 5.41) is 2.72. The van der Waals surface area contributed by atoms with Crippen molar-refractivity contribution in [2.24, 2.45) is 0 Å². The van der Waals surface area contributed by atoms with Crippen LogP contribution in [0.3, 0.4) is 0 Å². The minimum Gasteiger partial charge on any atom is -0.487 e. The smallest absolute Gasteiger partial charge is 0.433 e. The summed E-state index contributed by atoms with van der Waals surface area (Å²) in [5.41, 5.74) is 2.95. The van der Waals surface area contributed by atoms with Gasteiger partial charge in [0, 0.05) is 48.3 Å². The van der Waals surface area contributed by atoms with Gasteiger partial charge in [0.25, 0.3) is 5.91 Å². The second-order valence-corrected chi connectivity index (χ2v) is 10.2. The number of fused-ring (bicyclic) bond motifs is 1. The highest BCUT2D eigenvalue weighted by molar-refractivity contribution is 6.04. The summed E-state index contributed by atoms with van der Waals surface area (Å²) >= 11 is 0. The number of hydrogen-bond acceptors (Lipinski definition) is 5. The topological polar surface area (TPSA) is 63.7 Å². The molecule has 5 rings (SSSR count). The maximum atomic E-state index is 13.0. The first-order valence-electron chi connectivity index (χ1n) is 12.6. The minimum atomic E-state index is -4.63. The monoisotopic (exact) mass is 525 g/mol. The lowest BCUT2D eigenvalue weighted by Gasteiger charge is -2.46. The van der Waals surface area contributed by atoms with E-state index in [9.17, 15) is 18.0 Å². The second-order valence-electron chi connectivity index (χ2n) is 10.2. The highest BCUT2D eigenvalue weighted by Crippen LogP contribution is 2.47. The average molecular weight is 526 g/mol. The van der Waals surface area contributed by atoms with E-state index in [4.69, 9.17) is 9.47 Å². The lowest BCUT2D eigenvalue weighted by Crippen LogP contribution is -2.47. The SMILES string of the molecule is Cc1ccc(NC(=O)c2ccnc(C(F)(F)F)c2)cc1-c1ccc2c(c1)OC1(CCOCC1)CC2N(C)C. The van der Waals surface area contributed by atoms with Gasteiger partial charge < -0.3 is 19.7 Å². The Balaban J connectivity index is 1.44. The van der Waals surface area contributed by atoms with Gasteiger partial charge in [0.05, 0.1) is 13.2 Å². The van der Waals surface area contributed by atoms with Crippen molar-refractivity contribution < 1.29 is 27.4 Å². The van der Waals surface area contributed by atoms with Crippen LogP contribution in [-0.2, 0) is 10.9 Å². The number of benzene rings is 2. The Kier molecular flexibility index (Phi) is 6.92. The molecule has 1 aromatic heterocycles. The van der Waals surface area contributed by atoms with Crippen LogP contribution in [0.2, 0.25) is 0 Å². The van der Waals surface area contributed by atoms with Gasteiger partial charge >= 0.3 is 6.18 Å². The third-order valence-electron chi connectivity index (χ3n) is 7.41. The molecule has 1 N–H and O–H groups in total. The Morgan fingerprint density at radius 3 is 2.55 bits per heavy atom. The first-order chi connectivity index (χ1) is 18.0. The summed E-state index contributed by atoms with van der Waals surface area (Å²) in [6.45, 7) is 3.33. The number of halogens is 3. The van der Waals surface area contributed by atoms with Crippen LogP contribution in [0.1, 0.15) is 52.5 Å². The molecule has 1 atom stereocenters. The fourth-order valence-electron chi connectivity index (χ4n) is 5.25. The van der Waals surface area contributed by atoms with Crippen molar-refractivity contribution in [3.05, 3.63) is 77.1 Å². The van der Waals surface area contributed by atoms with Gasteiger partial charge in [0.1, 0.15) is 17.0 Å². The molecule has 1 amide bonds. The molecular formula is C29H30F3N3O3. The number of nitrogens with one attached hydrogen (secondary N) is 1. The number of ether oxygens (including phenoxy) is 2. The number of carbonyl (C=O) groups is 1. The zero-order chi connectivity index (χ0) is 27.1. The van der Waals surface area contributed by atoms with E-state index in [2.05, 4.69) is 41.4 Å². The van der Waals surface area contributed by atoms with E-state index in [1.807, 2.05) is 25.1 Å². The number of hydrogen-bond donors (Lipinski definition) is 1. The fourth-order valence-corrected chi connectivity index (χ4v) is 5.25. The number of amides is 1. The van der Waals surface area contributed by atoms with Gasteiger partial charge in [-0.25, -0.2) is 0 Å². The maximum Gasteiger partial charge on any atom is 0.433 e. The Bertz CT molecular complexity index is 1350. The van der Waals surface area contributed by atoms with Crippen molar-refractivity contribution in [1.29, 1.82) is 0 Å². The zero-order valence-electron chi connectivity index (χ0n) is 21.6. The number of alkyl halides is 3. The molecule has 0 radical (unpaired) electrons. The van der Waals surface area contributed by atoms with Crippen LogP contribution in [0, 0.1) is 6.92 Å². The van der Waals surface area contributed by atoms with Crippen LogP contribution < -0.4 is 10.1 Å². The van der Waals surface area contributed by atoms with Crippen LogP contribution in [0.25, 0.3) is 11.1 Å². The van der Waals surface area contributed by atoms with E-state index in [0.717, 1.165) is 59.5 Å². The van der Waals surface area contributed by atoms with Crippen molar-refractivity contribution in [2.75, 3.05) is 32.6 Å². The number of nitrogens with zero attached hydrogens (tertiary/aromatic N) is 2. The first kappa shape index (κ1) is 26.2. The largest absolute Gasteiger partial charge is 0.487 e. The molecule has 3 aromatic rings. The molecule has 2 aliphatic heterocycles. The molecule has 6 nitrogen and oxygen atoms in total. The quantitative estimate of drug-likeness (QED) is 0.436. The van der Waals surface area contributed by atoms with Crippen LogP contribution in [0.4, 0.5) is 18.9 Å². The predicted octanol–water partition coefficient (Wildman–Crippen LogP) is 6.26. The van der Waals surface area contributed by atoms with Crippen LogP contribution in [0.5, 0.6) is 5.75 Å². The van der Waals surface area contributed by atoms with Crippen LogP contribution in [0.15, 0.2) is 54.7 Å². The lowest BCUT2D eigenvalue weighted by atomic mass is 9.81. The molecule has 0 saturated carbocycles. The minimum absolute atomic E-state index is 0.117. The molecule has 3 heterocycles. The number of pyridine rings is 1. The molecule has 0 bridgehead atoms. The van der Waals surface area contributed by atoms with Gasteiger partial charge in [-0.2, -0.15) is 13.2 Å². The fraction of sp³-hybridized carbons (Fsp3) is 0.379. The van der Waals surface area contributed by atoms with Gasteiger partial charge in [-0.15, -0.1) is 0 Å². The molecule has 2 aliphatic rings.